The molecule has 0 aromatic heterocycles. The van der Waals surface area contributed by atoms with Crippen LogP contribution in [0.3, 0.4) is 0 Å². The summed E-state index contributed by atoms with van der Waals surface area (Å²) >= 11 is 5.37. The van der Waals surface area contributed by atoms with Crippen molar-refractivity contribution in [2.45, 2.75) is 33.5 Å². The third kappa shape index (κ3) is 1.25. The van der Waals surface area contributed by atoms with Crippen LogP contribution < -0.4 is 0 Å². The van der Waals surface area contributed by atoms with Crippen molar-refractivity contribution >= 4 is 22.9 Å². The molecule has 0 radical (unpaired) electrons. The van der Waals surface area contributed by atoms with Gasteiger partial charge in [0, 0.05) is 19.1 Å². The van der Waals surface area contributed by atoms with Gasteiger partial charge in [-0.25, -0.2) is 0 Å². The van der Waals surface area contributed by atoms with E-state index < -0.39 is 16.6 Å². The van der Waals surface area contributed by atoms with Gasteiger partial charge in [0.1, 0.15) is 0 Å². The second-order valence-corrected chi connectivity index (χ2v) is 5.34. The lowest BCUT2D eigenvalue weighted by atomic mass is 9.83. The van der Waals surface area contributed by atoms with Crippen molar-refractivity contribution in [3.63, 3.8) is 0 Å². The number of carbonyl (C=O) groups is 1. The molecule has 1 aliphatic rings. The van der Waals surface area contributed by atoms with Crippen LogP contribution in [0, 0.1) is 10.8 Å². The summed E-state index contributed by atoms with van der Waals surface area (Å²) in [5.41, 5.74) is -1.27. The van der Waals surface area contributed by atoms with Gasteiger partial charge in [0.2, 0.25) is 11.6 Å². The molecule has 3 nitrogen and oxygen atoms in total. The van der Waals surface area contributed by atoms with Crippen molar-refractivity contribution in [2.75, 3.05) is 14.2 Å². The molecule has 0 saturated heterocycles. The van der Waals surface area contributed by atoms with Gasteiger partial charge in [-0.3, -0.25) is 4.79 Å². The zero-order chi connectivity index (χ0) is 12.1. The Hall–Kier alpha value is -0.320. The number of ether oxygens (including phenoxy) is 2. The van der Waals surface area contributed by atoms with Crippen molar-refractivity contribution < 1.29 is 14.3 Å². The zero-order valence-electron chi connectivity index (χ0n) is 10.1. The summed E-state index contributed by atoms with van der Waals surface area (Å²) in [6, 6.07) is 0. The molecule has 0 bridgehead atoms. The van der Waals surface area contributed by atoms with Crippen LogP contribution in [0.1, 0.15) is 27.7 Å². The second-order valence-electron chi connectivity index (χ2n) is 4.93. The number of hydrogen-bond donors (Lipinski definition) is 0. The number of Topliss-reactive ketones (excluding diaryl/α,β-unsaturated/α-hetero) is 1. The Morgan fingerprint density at radius 3 is 1.60 bits per heavy atom. The molecule has 0 unspecified atom stereocenters. The van der Waals surface area contributed by atoms with Gasteiger partial charge in [0.05, 0.1) is 10.8 Å². The molecular weight excluding hydrogens is 212 g/mol. The lowest BCUT2D eigenvalue weighted by Gasteiger charge is -2.36. The number of methoxy groups -OCH3 is 2. The monoisotopic (exact) mass is 230 g/mol. The van der Waals surface area contributed by atoms with Crippen LogP contribution in [-0.4, -0.2) is 30.7 Å². The number of carbonyl (C=O) groups excluding carboxylic acids is 1. The Bertz CT molecular complexity index is 314. The predicted molar refractivity (Wildman–Crippen MR) is 61.9 cm³/mol. The number of rotatable bonds is 2. The van der Waals surface area contributed by atoms with E-state index in [-0.39, 0.29) is 5.78 Å². The molecule has 15 heavy (non-hydrogen) atoms. The lowest BCUT2D eigenvalue weighted by Crippen LogP contribution is -2.51. The summed E-state index contributed by atoms with van der Waals surface area (Å²) in [5, 5.41) is 0. The number of hydrogen-bond acceptors (Lipinski definition) is 4. The van der Waals surface area contributed by atoms with Crippen molar-refractivity contribution in [1.82, 2.24) is 0 Å². The van der Waals surface area contributed by atoms with Crippen LogP contribution in [0.5, 0.6) is 0 Å². The second kappa shape index (κ2) is 3.34. The smallest absolute Gasteiger partial charge is 0.239 e. The quantitative estimate of drug-likeness (QED) is 0.537. The maximum absolute atomic E-state index is 12.3. The summed E-state index contributed by atoms with van der Waals surface area (Å²) in [6.07, 6.45) is 0. The van der Waals surface area contributed by atoms with Gasteiger partial charge in [-0.05, 0) is 27.7 Å². The highest BCUT2D eigenvalue weighted by molar-refractivity contribution is 7.80. The standard InChI is InChI=1S/C11H18O3S/c1-9(2)7(12)11(13-5,14-6)10(3,4)8(9)15/h1-6H3. The normalized spacial score (nSPS) is 27.1. The highest BCUT2D eigenvalue weighted by atomic mass is 32.1. The molecule has 0 aromatic rings. The predicted octanol–water partition coefficient (Wildman–Crippen LogP) is 1.98. The van der Waals surface area contributed by atoms with Crippen LogP contribution in [0.25, 0.3) is 0 Å². The maximum atomic E-state index is 12.3. The van der Waals surface area contributed by atoms with Crippen LogP contribution in [0.2, 0.25) is 0 Å². The largest absolute Gasteiger partial charge is 0.346 e. The molecule has 86 valence electrons. The van der Waals surface area contributed by atoms with Gasteiger partial charge in [0.15, 0.2) is 0 Å². The molecule has 1 rings (SSSR count). The molecule has 1 fully saturated rings. The first-order valence-corrected chi connectivity index (χ1v) is 5.29. The number of ketones is 1. The van der Waals surface area contributed by atoms with Crippen molar-refractivity contribution in [1.29, 1.82) is 0 Å². The van der Waals surface area contributed by atoms with Crippen molar-refractivity contribution in [3.8, 4) is 0 Å². The summed E-state index contributed by atoms with van der Waals surface area (Å²) in [4.78, 5) is 13.0. The maximum Gasteiger partial charge on any atom is 0.239 e. The van der Waals surface area contributed by atoms with E-state index in [1.54, 1.807) is 0 Å². The minimum atomic E-state index is -1.24. The van der Waals surface area contributed by atoms with E-state index in [4.69, 9.17) is 21.7 Å². The molecule has 0 heterocycles. The van der Waals surface area contributed by atoms with E-state index in [1.165, 1.54) is 14.2 Å². The highest BCUT2D eigenvalue weighted by Gasteiger charge is 2.67. The molecule has 0 amide bonds. The fourth-order valence-electron chi connectivity index (χ4n) is 2.51. The summed E-state index contributed by atoms with van der Waals surface area (Å²) in [7, 11) is 2.96. The average molecular weight is 230 g/mol. The topological polar surface area (TPSA) is 35.5 Å². The molecule has 1 saturated carbocycles. The Balaban J connectivity index is 3.43. The zero-order valence-corrected chi connectivity index (χ0v) is 10.9. The summed E-state index contributed by atoms with van der Waals surface area (Å²) in [5.74, 6) is -1.34. The van der Waals surface area contributed by atoms with Gasteiger partial charge in [-0.1, -0.05) is 12.2 Å². The average Bonchev–Trinajstić information content (AvgIpc) is 2.26. The van der Waals surface area contributed by atoms with E-state index >= 15 is 0 Å². The summed E-state index contributed by atoms with van der Waals surface area (Å²) < 4.78 is 10.6. The lowest BCUT2D eigenvalue weighted by molar-refractivity contribution is -0.232. The SMILES string of the molecule is COC1(OC)C(=O)C(C)(C)C(=S)C1(C)C. The van der Waals surface area contributed by atoms with E-state index in [9.17, 15) is 4.79 Å². The van der Waals surface area contributed by atoms with Crippen LogP contribution in [0.4, 0.5) is 0 Å². The first-order valence-electron chi connectivity index (χ1n) is 4.88. The Labute approximate surface area is 96.1 Å². The molecular formula is C11H18O3S. The van der Waals surface area contributed by atoms with Gasteiger partial charge < -0.3 is 9.47 Å². The first-order chi connectivity index (χ1) is 6.68. The minimum absolute atomic E-state index is 0.102. The molecule has 0 N–H and O–H groups in total. The Morgan fingerprint density at radius 1 is 1.07 bits per heavy atom. The van der Waals surface area contributed by atoms with E-state index in [0.29, 0.717) is 4.86 Å². The molecule has 0 spiro atoms. The molecule has 0 aromatic carbocycles. The van der Waals surface area contributed by atoms with Gasteiger partial charge >= 0.3 is 0 Å². The van der Waals surface area contributed by atoms with Gasteiger partial charge in [-0.15, -0.1) is 0 Å². The Kier molecular flexibility index (Phi) is 2.83. The van der Waals surface area contributed by atoms with Crippen LogP contribution >= 0.6 is 12.2 Å². The van der Waals surface area contributed by atoms with Gasteiger partial charge in [0.25, 0.3) is 0 Å². The fourth-order valence-corrected chi connectivity index (χ4v) is 2.74. The van der Waals surface area contributed by atoms with Gasteiger partial charge in [-0.2, -0.15) is 0 Å². The van der Waals surface area contributed by atoms with Crippen LogP contribution in [-0.2, 0) is 14.3 Å². The molecule has 1 aliphatic carbocycles. The van der Waals surface area contributed by atoms with E-state index in [2.05, 4.69) is 0 Å². The van der Waals surface area contributed by atoms with E-state index in [1.807, 2.05) is 27.7 Å². The Morgan fingerprint density at radius 2 is 1.47 bits per heavy atom. The van der Waals surface area contributed by atoms with Crippen molar-refractivity contribution in [3.05, 3.63) is 0 Å². The van der Waals surface area contributed by atoms with Crippen molar-refractivity contribution in [2.24, 2.45) is 10.8 Å². The minimum Gasteiger partial charge on any atom is -0.346 e. The fraction of sp³-hybridized carbons (Fsp3) is 0.818. The highest BCUT2D eigenvalue weighted by Crippen LogP contribution is 2.52. The first kappa shape index (κ1) is 12.7. The van der Waals surface area contributed by atoms with Crippen LogP contribution in [0.15, 0.2) is 0 Å². The molecule has 4 heteroatoms. The summed E-state index contributed by atoms with van der Waals surface area (Å²) in [6.45, 7) is 7.41. The molecule has 0 atom stereocenters. The third-order valence-electron chi connectivity index (χ3n) is 3.40. The third-order valence-corrected chi connectivity index (χ3v) is 4.42. The molecule has 0 aliphatic heterocycles. The number of thiocarbonyl (C=S) groups is 1. The van der Waals surface area contributed by atoms with E-state index in [0.717, 1.165) is 0 Å².